The van der Waals surface area contributed by atoms with Gasteiger partial charge in [0.1, 0.15) is 11.6 Å². The minimum Gasteiger partial charge on any atom is -0.361 e. The molecule has 1 amide bonds. The molecule has 118 valence electrons. The number of fused-ring (bicyclic) bond motifs is 1. The fraction of sp³-hybridized carbons (Fsp3) is 0.562. The summed E-state index contributed by atoms with van der Waals surface area (Å²) in [6.45, 7) is 8.41. The van der Waals surface area contributed by atoms with E-state index in [1.165, 1.54) is 0 Å². The Hall–Kier alpha value is -2.11. The van der Waals surface area contributed by atoms with Crippen molar-refractivity contribution in [2.75, 3.05) is 0 Å². The van der Waals surface area contributed by atoms with Gasteiger partial charge in [-0.25, -0.2) is 4.98 Å². The molecule has 3 heterocycles. The molecule has 0 spiro atoms. The number of aryl methyl sites for hydroxylation is 4. The predicted octanol–water partition coefficient (Wildman–Crippen LogP) is 2.03. The molecular weight excluding hydrogens is 280 g/mol. The van der Waals surface area contributed by atoms with Crippen LogP contribution in [0.15, 0.2) is 10.7 Å². The van der Waals surface area contributed by atoms with Crippen LogP contribution in [-0.4, -0.2) is 26.7 Å². The van der Waals surface area contributed by atoms with Crippen LogP contribution in [0.4, 0.5) is 0 Å². The maximum Gasteiger partial charge on any atom is 0.227 e. The maximum absolute atomic E-state index is 12.5. The molecule has 0 unspecified atom stereocenters. The van der Waals surface area contributed by atoms with Crippen LogP contribution >= 0.6 is 0 Å². The topological polar surface area (TPSA) is 73.0 Å². The summed E-state index contributed by atoms with van der Waals surface area (Å²) in [6, 6.07) is 0.150. The number of aromatic nitrogens is 3. The molecule has 6 nitrogen and oxygen atoms in total. The van der Waals surface area contributed by atoms with Crippen molar-refractivity contribution in [1.29, 1.82) is 0 Å². The van der Waals surface area contributed by atoms with Crippen LogP contribution in [0.1, 0.15) is 47.8 Å². The Morgan fingerprint density at radius 1 is 1.45 bits per heavy atom. The van der Waals surface area contributed by atoms with Crippen LogP contribution in [-0.2, 0) is 17.8 Å². The summed E-state index contributed by atoms with van der Waals surface area (Å²) in [4.78, 5) is 17.0. The van der Waals surface area contributed by atoms with Gasteiger partial charge in [0.15, 0.2) is 0 Å². The number of imidazole rings is 1. The second kappa shape index (κ2) is 5.59. The van der Waals surface area contributed by atoms with Crippen LogP contribution in [0, 0.1) is 20.8 Å². The van der Waals surface area contributed by atoms with Crippen LogP contribution in [0.2, 0.25) is 0 Å². The molecule has 2 atom stereocenters. The molecule has 2 aromatic rings. The molecule has 0 aliphatic carbocycles. The number of carbonyl (C=O) groups is 1. The zero-order valence-corrected chi connectivity index (χ0v) is 13.5. The van der Waals surface area contributed by atoms with Gasteiger partial charge in [-0.05, 0) is 34.1 Å². The van der Waals surface area contributed by atoms with E-state index >= 15 is 0 Å². The first-order chi connectivity index (χ1) is 10.5. The van der Waals surface area contributed by atoms with Crippen LogP contribution in [0.3, 0.4) is 0 Å². The van der Waals surface area contributed by atoms with Gasteiger partial charge in [0.25, 0.3) is 0 Å². The summed E-state index contributed by atoms with van der Waals surface area (Å²) < 4.78 is 7.31. The minimum atomic E-state index is -0.253. The molecule has 0 saturated heterocycles. The molecule has 2 aromatic heterocycles. The van der Waals surface area contributed by atoms with Crippen molar-refractivity contribution in [1.82, 2.24) is 20.0 Å². The zero-order chi connectivity index (χ0) is 15.9. The number of nitrogens with one attached hydrogen (secondary N) is 1. The average molecular weight is 302 g/mol. The van der Waals surface area contributed by atoms with Gasteiger partial charge in [-0.2, -0.15) is 0 Å². The molecule has 1 aliphatic heterocycles. The first kappa shape index (κ1) is 14.8. The normalized spacial score (nSPS) is 18.8. The predicted molar refractivity (Wildman–Crippen MR) is 81.6 cm³/mol. The van der Waals surface area contributed by atoms with E-state index in [4.69, 9.17) is 4.52 Å². The monoisotopic (exact) mass is 302 g/mol. The number of hydrogen-bond acceptors (Lipinski definition) is 4. The molecule has 1 N–H and O–H groups in total. The fourth-order valence-electron chi connectivity index (χ4n) is 3.27. The molecule has 0 aromatic carbocycles. The SMILES string of the molecule is Cc1cn2c(n1)CC[C@@H](NC(=O)[C@@H](C)c1c(C)noc1C)C2. The lowest BCUT2D eigenvalue weighted by Crippen LogP contribution is -2.42. The molecule has 1 aliphatic rings. The largest absolute Gasteiger partial charge is 0.361 e. The summed E-state index contributed by atoms with van der Waals surface area (Å²) in [6.07, 6.45) is 3.88. The second-order valence-electron chi connectivity index (χ2n) is 6.15. The highest BCUT2D eigenvalue weighted by molar-refractivity contribution is 5.84. The van der Waals surface area contributed by atoms with E-state index in [0.29, 0.717) is 0 Å². The summed E-state index contributed by atoms with van der Waals surface area (Å²) in [5.41, 5.74) is 2.72. The van der Waals surface area contributed by atoms with Crippen molar-refractivity contribution in [2.45, 2.75) is 59.0 Å². The van der Waals surface area contributed by atoms with E-state index in [1.807, 2.05) is 33.9 Å². The molecule has 0 saturated carbocycles. The highest BCUT2D eigenvalue weighted by Crippen LogP contribution is 2.24. The summed E-state index contributed by atoms with van der Waals surface area (Å²) in [7, 11) is 0. The number of nitrogens with zero attached hydrogens (tertiary/aromatic N) is 3. The van der Waals surface area contributed by atoms with Crippen molar-refractivity contribution < 1.29 is 9.32 Å². The lowest BCUT2D eigenvalue weighted by molar-refractivity contribution is -0.123. The number of hydrogen-bond donors (Lipinski definition) is 1. The van der Waals surface area contributed by atoms with Crippen molar-refractivity contribution in [3.8, 4) is 0 Å². The van der Waals surface area contributed by atoms with E-state index in [1.54, 1.807) is 0 Å². The average Bonchev–Trinajstić information content (AvgIpc) is 2.99. The summed E-state index contributed by atoms with van der Waals surface area (Å²) >= 11 is 0. The minimum absolute atomic E-state index is 0.0275. The van der Waals surface area contributed by atoms with Gasteiger partial charge < -0.3 is 14.4 Å². The van der Waals surface area contributed by atoms with Crippen LogP contribution in [0.25, 0.3) is 0 Å². The second-order valence-corrected chi connectivity index (χ2v) is 6.15. The van der Waals surface area contributed by atoms with E-state index < -0.39 is 0 Å². The Morgan fingerprint density at radius 3 is 2.91 bits per heavy atom. The van der Waals surface area contributed by atoms with E-state index in [2.05, 4.69) is 20.0 Å². The van der Waals surface area contributed by atoms with Gasteiger partial charge in [0.2, 0.25) is 5.91 Å². The number of amides is 1. The first-order valence-electron chi connectivity index (χ1n) is 7.71. The molecule has 6 heteroatoms. The highest BCUT2D eigenvalue weighted by atomic mass is 16.5. The zero-order valence-electron chi connectivity index (χ0n) is 13.5. The van der Waals surface area contributed by atoms with Crippen LogP contribution in [0.5, 0.6) is 0 Å². The van der Waals surface area contributed by atoms with E-state index in [9.17, 15) is 4.79 Å². The molecule has 22 heavy (non-hydrogen) atoms. The molecule has 0 fully saturated rings. The number of carbonyl (C=O) groups excluding carboxylic acids is 1. The molecule has 3 rings (SSSR count). The lowest BCUT2D eigenvalue weighted by atomic mass is 9.97. The Labute approximate surface area is 129 Å². The Bertz CT molecular complexity index is 682. The summed E-state index contributed by atoms with van der Waals surface area (Å²) in [5, 5.41) is 7.09. The molecular formula is C16H22N4O2. The van der Waals surface area contributed by atoms with Crippen molar-refractivity contribution in [2.24, 2.45) is 0 Å². The maximum atomic E-state index is 12.5. The van der Waals surface area contributed by atoms with E-state index in [-0.39, 0.29) is 17.9 Å². The Morgan fingerprint density at radius 2 is 2.23 bits per heavy atom. The third kappa shape index (κ3) is 2.65. The Balaban J connectivity index is 1.68. The van der Waals surface area contributed by atoms with Crippen molar-refractivity contribution >= 4 is 5.91 Å². The third-order valence-corrected chi connectivity index (χ3v) is 4.37. The first-order valence-corrected chi connectivity index (χ1v) is 7.71. The van der Waals surface area contributed by atoms with Gasteiger partial charge >= 0.3 is 0 Å². The fourth-order valence-corrected chi connectivity index (χ4v) is 3.27. The van der Waals surface area contributed by atoms with Crippen molar-refractivity contribution in [3.05, 3.63) is 34.7 Å². The summed E-state index contributed by atoms with van der Waals surface area (Å²) in [5.74, 6) is 1.61. The van der Waals surface area contributed by atoms with Crippen LogP contribution < -0.4 is 5.32 Å². The molecule has 0 bridgehead atoms. The Kier molecular flexibility index (Phi) is 3.76. The third-order valence-electron chi connectivity index (χ3n) is 4.37. The standard InChI is InChI=1S/C16H22N4O2/c1-9-7-20-8-13(5-6-14(20)17-9)18-16(21)10(2)15-11(3)19-22-12(15)4/h7,10,13H,5-6,8H2,1-4H3,(H,18,21)/t10-,13+/m0/s1. The molecule has 0 radical (unpaired) electrons. The highest BCUT2D eigenvalue weighted by Gasteiger charge is 2.26. The van der Waals surface area contributed by atoms with E-state index in [0.717, 1.165) is 47.9 Å². The number of rotatable bonds is 3. The van der Waals surface area contributed by atoms with Gasteiger partial charge in [0.05, 0.1) is 17.3 Å². The quantitative estimate of drug-likeness (QED) is 0.941. The van der Waals surface area contributed by atoms with Gasteiger partial charge in [-0.1, -0.05) is 5.16 Å². The lowest BCUT2D eigenvalue weighted by Gasteiger charge is -2.26. The van der Waals surface area contributed by atoms with Crippen molar-refractivity contribution in [3.63, 3.8) is 0 Å². The smallest absolute Gasteiger partial charge is 0.227 e. The van der Waals surface area contributed by atoms with Gasteiger partial charge in [-0.3, -0.25) is 4.79 Å². The van der Waals surface area contributed by atoms with Gasteiger partial charge in [-0.15, -0.1) is 0 Å². The van der Waals surface area contributed by atoms with Gasteiger partial charge in [0, 0.05) is 30.8 Å².